The molecule has 0 saturated carbocycles. The summed E-state index contributed by atoms with van der Waals surface area (Å²) in [5.41, 5.74) is 9.02. The molecule has 0 spiro atoms. The van der Waals surface area contributed by atoms with Crippen molar-refractivity contribution in [1.29, 1.82) is 0 Å². The fraction of sp³-hybridized carbons (Fsp3) is 0.0714. The number of benzene rings is 5. The van der Waals surface area contributed by atoms with Crippen LogP contribution in [0.25, 0.3) is 100 Å². The smallest absolute Gasteiger partial charge is 0.486 e. The molecule has 3 N–H and O–H groups in total. The molecule has 0 amide bonds. The normalized spacial score (nSPS) is 10.2. The standard InChI is InChI=1S/C17H12N2O.C17H11N2O.3C11H8N.CHF3O3S.2CH4O.2Ir/c2*1-11-8-9-13-12-5-4-6-14(15-7-2-3-10-18-15)16(12)20-17(13)19-11;3*1-2-6-10(7-3-1)11-8-4-5-9-12-11;2-1(3,4)8(5,6)7;2*1-2;;/h2-10H,1H3;2-5,7-10H,1H3;3*1-6,8-9H;(H,5,6,7);2*2H,1H3;;/q;4*-1;;;;;. The monoisotopic (exact) mass is 1580 g/mol. The van der Waals surface area contributed by atoms with E-state index in [1.54, 1.807) is 31.0 Å². The van der Waals surface area contributed by atoms with Crippen LogP contribution in [0.2, 0.25) is 0 Å². The molecule has 14 aromatic rings. The molecule has 14 rings (SSSR count). The molecule has 0 aliphatic rings. The summed E-state index contributed by atoms with van der Waals surface area (Å²) in [7, 11) is -3.84. The Bertz CT molecular complexity index is 4020. The molecular weight excluding hydrogens is 1520 g/mol. The van der Waals surface area contributed by atoms with Crippen LogP contribution in [0, 0.1) is 38.1 Å². The molecule has 0 saturated heterocycles. The number of aromatic nitrogens is 7. The third-order valence-corrected chi connectivity index (χ3v) is 12.6. The van der Waals surface area contributed by atoms with Gasteiger partial charge in [0, 0.05) is 119 Å². The quantitative estimate of drug-likeness (QED) is 0.0831. The fourth-order valence-electron chi connectivity index (χ4n) is 8.14. The number of para-hydroxylation sites is 1. The third-order valence-electron chi connectivity index (χ3n) is 12.0. The van der Waals surface area contributed by atoms with Gasteiger partial charge in [0.05, 0.1) is 11.3 Å². The van der Waals surface area contributed by atoms with Gasteiger partial charge in [0.1, 0.15) is 5.58 Å². The number of rotatable bonds is 5. The maximum Gasteiger partial charge on any atom is 0.522 e. The Morgan fingerprint density at radius 2 is 0.744 bits per heavy atom. The summed E-state index contributed by atoms with van der Waals surface area (Å²) in [4.78, 5) is 30.3. The van der Waals surface area contributed by atoms with Crippen molar-refractivity contribution in [3.05, 3.63) is 285 Å². The van der Waals surface area contributed by atoms with Gasteiger partial charge in [0.25, 0.3) is 0 Å². The van der Waals surface area contributed by atoms with Crippen LogP contribution in [0.1, 0.15) is 11.4 Å². The molecule has 14 nitrogen and oxygen atoms in total. The summed E-state index contributed by atoms with van der Waals surface area (Å²) in [6.07, 6.45) is 8.93. The first-order valence-electron chi connectivity index (χ1n) is 26.7. The predicted octanol–water partition coefficient (Wildman–Crippen LogP) is 15.8. The van der Waals surface area contributed by atoms with E-state index in [0.29, 0.717) is 11.4 Å². The van der Waals surface area contributed by atoms with Crippen molar-refractivity contribution >= 4 is 54.3 Å². The summed E-state index contributed by atoms with van der Waals surface area (Å²) >= 11 is 0. The van der Waals surface area contributed by atoms with Crippen LogP contribution < -0.4 is 0 Å². The van der Waals surface area contributed by atoms with E-state index in [-0.39, 0.29) is 40.2 Å². The molecule has 0 bridgehead atoms. The average Bonchev–Trinajstić information content (AvgIpc) is 1.96. The second-order valence-electron chi connectivity index (χ2n) is 17.9. The van der Waals surface area contributed by atoms with Crippen LogP contribution in [0.5, 0.6) is 0 Å². The van der Waals surface area contributed by atoms with Crippen LogP contribution >= 0.6 is 0 Å². The Labute approximate surface area is 545 Å². The van der Waals surface area contributed by atoms with Crippen molar-refractivity contribution < 1.29 is 85.4 Å². The molecule has 462 valence electrons. The number of aliphatic hydroxyl groups excluding tert-OH is 2. The average molecular weight is 1580 g/mol. The van der Waals surface area contributed by atoms with Crippen LogP contribution in [0.15, 0.2) is 258 Å². The molecule has 9 heterocycles. The van der Waals surface area contributed by atoms with Crippen molar-refractivity contribution in [1.82, 2.24) is 34.9 Å². The molecule has 9 aromatic heterocycles. The van der Waals surface area contributed by atoms with Crippen molar-refractivity contribution in [3.8, 4) is 56.3 Å². The zero-order valence-corrected chi connectivity index (χ0v) is 54.1. The minimum Gasteiger partial charge on any atom is -0.486 e. The van der Waals surface area contributed by atoms with Crippen LogP contribution in [0.4, 0.5) is 13.2 Å². The Morgan fingerprint density at radius 3 is 1.10 bits per heavy atom. The van der Waals surface area contributed by atoms with E-state index in [2.05, 4.69) is 71.3 Å². The van der Waals surface area contributed by atoms with E-state index < -0.39 is 15.6 Å². The van der Waals surface area contributed by atoms with Crippen molar-refractivity contribution in [2.45, 2.75) is 19.4 Å². The van der Waals surface area contributed by atoms with Gasteiger partial charge in [0.15, 0.2) is 0 Å². The number of halogens is 3. The summed E-state index contributed by atoms with van der Waals surface area (Å²) in [5, 5.41) is 18.2. The van der Waals surface area contributed by atoms with Crippen molar-refractivity contribution in [3.63, 3.8) is 0 Å². The van der Waals surface area contributed by atoms with Crippen LogP contribution in [-0.2, 0) is 50.3 Å². The van der Waals surface area contributed by atoms with Gasteiger partial charge in [-0.3, -0.25) is 9.54 Å². The predicted molar refractivity (Wildman–Crippen MR) is 337 cm³/mol. The Balaban J connectivity index is 0.000000198. The number of fused-ring (bicyclic) bond motifs is 6. The molecule has 20 heteroatoms. The minimum absolute atomic E-state index is 0. The maximum absolute atomic E-state index is 10.7. The van der Waals surface area contributed by atoms with Gasteiger partial charge < -0.3 is 39.0 Å². The number of furan rings is 2. The van der Waals surface area contributed by atoms with Crippen LogP contribution in [-0.4, -0.2) is 77.8 Å². The van der Waals surface area contributed by atoms with Crippen molar-refractivity contribution in [2.75, 3.05) is 14.2 Å². The zero-order chi connectivity index (χ0) is 62.7. The molecule has 2 radical (unpaired) electrons. The van der Waals surface area contributed by atoms with Gasteiger partial charge in [-0.05, 0) is 103 Å². The fourth-order valence-corrected chi connectivity index (χ4v) is 8.14. The number of hydrogen-bond acceptors (Lipinski definition) is 13. The molecule has 90 heavy (non-hydrogen) atoms. The number of pyridine rings is 7. The molecule has 0 atom stereocenters. The van der Waals surface area contributed by atoms with Crippen molar-refractivity contribution in [2.24, 2.45) is 0 Å². The second kappa shape index (κ2) is 36.2. The Morgan fingerprint density at radius 1 is 0.389 bits per heavy atom. The van der Waals surface area contributed by atoms with Gasteiger partial charge in [-0.1, -0.05) is 77.7 Å². The molecule has 0 unspecified atom stereocenters. The zero-order valence-electron chi connectivity index (χ0n) is 48.5. The largest absolute Gasteiger partial charge is 0.522 e. The Hall–Kier alpha value is -9.33. The summed E-state index contributed by atoms with van der Waals surface area (Å²) < 4.78 is 69.4. The van der Waals surface area contributed by atoms with Gasteiger partial charge in [-0.2, -0.15) is 21.6 Å². The molecular formula is C70H56F3Ir2N7O7S-4. The molecule has 0 aliphatic carbocycles. The first-order chi connectivity index (χ1) is 42.8. The number of nitrogens with zero attached hydrogens (tertiary/aromatic N) is 7. The number of aryl methyl sites for hydroxylation is 2. The van der Waals surface area contributed by atoms with E-state index in [1.807, 2.05) is 220 Å². The molecule has 0 fully saturated rings. The van der Waals surface area contributed by atoms with E-state index in [0.717, 1.165) is 115 Å². The van der Waals surface area contributed by atoms with Crippen LogP contribution in [0.3, 0.4) is 0 Å². The van der Waals surface area contributed by atoms with E-state index in [1.165, 1.54) is 0 Å². The van der Waals surface area contributed by atoms with E-state index in [4.69, 9.17) is 32.0 Å². The summed E-state index contributed by atoms with van der Waals surface area (Å²) in [5.74, 6) is 0. The second-order valence-corrected chi connectivity index (χ2v) is 19.3. The first-order valence-corrected chi connectivity index (χ1v) is 28.1. The maximum atomic E-state index is 10.7. The van der Waals surface area contributed by atoms with E-state index in [9.17, 15) is 13.2 Å². The van der Waals surface area contributed by atoms with E-state index >= 15 is 0 Å². The van der Waals surface area contributed by atoms with Gasteiger partial charge in [-0.15, -0.1) is 126 Å². The number of alkyl halides is 3. The molecule has 0 aliphatic heterocycles. The SMILES string of the molecule is CO.CO.Cc1ccc2c(n1)oc1c(-c3ccccn3)[c-]ccc12.Cc1ccc2c(n1)oc1c(-c3ccccn3)cccc12.O=S(=O)(O)C(F)(F)F.[Ir].[Ir].[c-]1ccccc1-c1ccccn1.[c-]1ccccc1-c1ccccn1.[c-]1ccccc1-c1ccccn1. The first kappa shape index (κ1) is 71.4. The third kappa shape index (κ3) is 20.1. The summed E-state index contributed by atoms with van der Waals surface area (Å²) in [6, 6.07) is 83.5. The number of aliphatic hydroxyl groups is 2. The van der Waals surface area contributed by atoms with Gasteiger partial charge >= 0.3 is 15.6 Å². The van der Waals surface area contributed by atoms with Gasteiger partial charge in [-0.25, -0.2) is 9.97 Å². The Kier molecular flexibility index (Phi) is 28.7. The summed E-state index contributed by atoms with van der Waals surface area (Å²) in [6.45, 7) is 3.92. The topological polar surface area (TPSA) is 211 Å². The van der Waals surface area contributed by atoms with Gasteiger partial charge in [0.2, 0.25) is 11.4 Å². The minimum atomic E-state index is -5.84. The molecule has 5 aromatic carbocycles. The number of hydrogen-bond donors (Lipinski definition) is 3.